The van der Waals surface area contributed by atoms with Gasteiger partial charge in [0, 0.05) is 7.05 Å². The zero-order valence-electron chi connectivity index (χ0n) is 8.18. The first-order valence-electron chi connectivity index (χ1n) is 4.20. The summed E-state index contributed by atoms with van der Waals surface area (Å²) in [7, 11) is 1.90. The zero-order valence-corrected chi connectivity index (χ0v) is 9.75. The number of aryl methyl sites for hydroxylation is 1. The maximum Gasteiger partial charge on any atom is 0.197 e. The lowest BCUT2D eigenvalue weighted by Gasteiger charge is -1.99. The number of hydrogen-bond donors (Lipinski definition) is 0. The summed E-state index contributed by atoms with van der Waals surface area (Å²) in [6.45, 7) is 1.89. The first-order valence-corrected chi connectivity index (χ1v) is 5.39. The molecule has 0 aliphatic rings. The van der Waals surface area contributed by atoms with Crippen LogP contribution in [0.5, 0.6) is 0 Å². The van der Waals surface area contributed by atoms with Crippen LogP contribution in [0.25, 0.3) is 0 Å². The highest BCUT2D eigenvalue weighted by molar-refractivity contribution is 7.99. The molecule has 0 saturated heterocycles. The van der Waals surface area contributed by atoms with E-state index in [2.05, 4.69) is 20.4 Å². The van der Waals surface area contributed by atoms with E-state index in [1.54, 1.807) is 12.1 Å². The lowest BCUT2D eigenvalue weighted by atomic mass is 10.6. The molecule has 5 nitrogen and oxygen atoms in total. The summed E-state index contributed by atoms with van der Waals surface area (Å²) < 4.78 is 1.89. The molecule has 0 unspecified atom stereocenters. The van der Waals surface area contributed by atoms with E-state index >= 15 is 0 Å². The molecule has 78 valence electrons. The van der Waals surface area contributed by atoms with Crippen molar-refractivity contribution in [2.45, 2.75) is 17.1 Å². The van der Waals surface area contributed by atoms with Crippen molar-refractivity contribution >= 4 is 23.4 Å². The van der Waals surface area contributed by atoms with E-state index in [1.165, 1.54) is 11.8 Å². The van der Waals surface area contributed by atoms with Gasteiger partial charge in [0.25, 0.3) is 0 Å². The molecule has 7 heteroatoms. The van der Waals surface area contributed by atoms with E-state index in [4.69, 9.17) is 11.6 Å². The number of nitrogens with zero attached hydrogens (tertiary/aromatic N) is 5. The average Bonchev–Trinajstić information content (AvgIpc) is 2.53. The Morgan fingerprint density at radius 3 is 2.53 bits per heavy atom. The van der Waals surface area contributed by atoms with Gasteiger partial charge in [0.15, 0.2) is 10.3 Å². The Morgan fingerprint density at radius 1 is 1.20 bits per heavy atom. The van der Waals surface area contributed by atoms with Crippen molar-refractivity contribution in [1.29, 1.82) is 0 Å². The summed E-state index contributed by atoms with van der Waals surface area (Å²) in [5, 5.41) is 17.5. The fourth-order valence-corrected chi connectivity index (χ4v) is 1.78. The predicted molar refractivity (Wildman–Crippen MR) is 56.9 cm³/mol. The quantitative estimate of drug-likeness (QED) is 0.801. The largest absolute Gasteiger partial charge is 0.309 e. The average molecular weight is 242 g/mol. The molecule has 0 N–H and O–H groups in total. The lowest BCUT2D eigenvalue weighted by Crippen LogP contribution is -1.94. The van der Waals surface area contributed by atoms with Crippen molar-refractivity contribution in [3.05, 3.63) is 23.1 Å². The van der Waals surface area contributed by atoms with E-state index in [9.17, 15) is 0 Å². The lowest BCUT2D eigenvalue weighted by molar-refractivity contribution is 0.763. The van der Waals surface area contributed by atoms with Crippen LogP contribution in [0.2, 0.25) is 5.15 Å². The van der Waals surface area contributed by atoms with Crippen LogP contribution < -0.4 is 0 Å². The minimum absolute atomic E-state index is 0.383. The van der Waals surface area contributed by atoms with E-state index in [-0.39, 0.29) is 0 Å². The maximum absolute atomic E-state index is 5.63. The number of halogens is 1. The van der Waals surface area contributed by atoms with Gasteiger partial charge in [0.2, 0.25) is 0 Å². The molecule has 0 saturated carbocycles. The Labute approximate surface area is 95.9 Å². The highest BCUT2D eigenvalue weighted by atomic mass is 35.5. The topological polar surface area (TPSA) is 56.5 Å². The fourth-order valence-electron chi connectivity index (χ4n) is 0.928. The van der Waals surface area contributed by atoms with E-state index < -0.39 is 0 Å². The molecule has 0 fully saturated rings. The molecular formula is C8H8ClN5S. The summed E-state index contributed by atoms with van der Waals surface area (Å²) in [6.07, 6.45) is 0. The molecule has 2 aromatic rings. The molecule has 2 heterocycles. The van der Waals surface area contributed by atoms with Gasteiger partial charge >= 0.3 is 0 Å². The monoisotopic (exact) mass is 241 g/mol. The molecule has 0 aliphatic carbocycles. The Balaban J connectivity index is 2.22. The molecule has 0 spiro atoms. The number of rotatable bonds is 2. The van der Waals surface area contributed by atoms with Crippen LogP contribution in [0.15, 0.2) is 22.3 Å². The van der Waals surface area contributed by atoms with E-state index in [0.29, 0.717) is 5.15 Å². The van der Waals surface area contributed by atoms with Crippen molar-refractivity contribution in [2.24, 2.45) is 7.05 Å². The van der Waals surface area contributed by atoms with Crippen LogP contribution in [-0.2, 0) is 7.05 Å². The highest BCUT2D eigenvalue weighted by Crippen LogP contribution is 2.23. The summed E-state index contributed by atoms with van der Waals surface area (Å²) in [4.78, 5) is 0. The molecule has 0 radical (unpaired) electrons. The fraction of sp³-hybridized carbons (Fsp3) is 0.250. The van der Waals surface area contributed by atoms with Gasteiger partial charge in [-0.3, -0.25) is 0 Å². The second kappa shape index (κ2) is 4.16. The van der Waals surface area contributed by atoms with Gasteiger partial charge in [0.1, 0.15) is 10.9 Å². The van der Waals surface area contributed by atoms with E-state index in [0.717, 1.165) is 16.0 Å². The van der Waals surface area contributed by atoms with Gasteiger partial charge in [-0.25, -0.2) is 0 Å². The highest BCUT2D eigenvalue weighted by Gasteiger charge is 2.07. The van der Waals surface area contributed by atoms with Gasteiger partial charge in [0.05, 0.1) is 0 Å². The standard InChI is InChI=1S/C8H8ClN5S/c1-5-10-13-8(14(5)2)15-7-4-3-6(9)11-12-7/h3-4H,1-2H3. The Bertz CT molecular complexity index is 466. The molecule has 15 heavy (non-hydrogen) atoms. The first-order chi connectivity index (χ1) is 7.16. The summed E-state index contributed by atoms with van der Waals surface area (Å²) in [6, 6.07) is 3.49. The Hall–Kier alpha value is -1.14. The molecule has 2 aromatic heterocycles. The molecule has 0 amide bonds. The molecule has 2 rings (SSSR count). The zero-order chi connectivity index (χ0) is 10.8. The maximum atomic E-state index is 5.63. The van der Waals surface area contributed by atoms with Gasteiger partial charge in [-0.05, 0) is 30.8 Å². The van der Waals surface area contributed by atoms with Crippen LogP contribution in [0, 0.1) is 6.92 Å². The summed E-state index contributed by atoms with van der Waals surface area (Å²) in [5.41, 5.74) is 0. The van der Waals surface area contributed by atoms with Crippen LogP contribution in [0.4, 0.5) is 0 Å². The number of aromatic nitrogens is 5. The minimum atomic E-state index is 0.383. The summed E-state index contributed by atoms with van der Waals surface area (Å²) in [5.74, 6) is 0.861. The smallest absolute Gasteiger partial charge is 0.197 e. The molecule has 0 aromatic carbocycles. The summed E-state index contributed by atoms with van der Waals surface area (Å²) >= 11 is 7.03. The third-order valence-electron chi connectivity index (χ3n) is 1.86. The van der Waals surface area contributed by atoms with Crippen molar-refractivity contribution in [1.82, 2.24) is 25.0 Å². The third kappa shape index (κ3) is 2.27. The van der Waals surface area contributed by atoms with Crippen molar-refractivity contribution in [2.75, 3.05) is 0 Å². The van der Waals surface area contributed by atoms with Crippen LogP contribution in [-0.4, -0.2) is 25.0 Å². The van der Waals surface area contributed by atoms with Crippen LogP contribution in [0.3, 0.4) is 0 Å². The minimum Gasteiger partial charge on any atom is -0.309 e. The third-order valence-corrected chi connectivity index (χ3v) is 3.02. The van der Waals surface area contributed by atoms with Crippen molar-refractivity contribution in [3.8, 4) is 0 Å². The first kappa shape index (κ1) is 10.4. The molecule has 0 atom stereocenters. The van der Waals surface area contributed by atoms with Crippen LogP contribution >= 0.6 is 23.4 Å². The molecule has 0 aliphatic heterocycles. The molecular weight excluding hydrogens is 234 g/mol. The molecule has 0 bridgehead atoms. The normalized spacial score (nSPS) is 10.6. The van der Waals surface area contributed by atoms with Gasteiger partial charge in [-0.2, -0.15) is 0 Å². The Kier molecular flexibility index (Phi) is 2.88. The van der Waals surface area contributed by atoms with Crippen molar-refractivity contribution in [3.63, 3.8) is 0 Å². The number of hydrogen-bond acceptors (Lipinski definition) is 5. The van der Waals surface area contributed by atoms with Crippen LogP contribution in [0.1, 0.15) is 5.82 Å². The van der Waals surface area contributed by atoms with E-state index in [1.807, 2.05) is 18.5 Å². The Morgan fingerprint density at radius 2 is 2.00 bits per heavy atom. The van der Waals surface area contributed by atoms with Gasteiger partial charge in [-0.1, -0.05) is 11.6 Å². The van der Waals surface area contributed by atoms with Crippen molar-refractivity contribution < 1.29 is 0 Å². The second-order valence-corrected chi connectivity index (χ2v) is 4.26. The second-order valence-electron chi connectivity index (χ2n) is 2.89. The predicted octanol–water partition coefficient (Wildman–Crippen LogP) is 1.72. The van der Waals surface area contributed by atoms with Gasteiger partial charge in [-0.15, -0.1) is 20.4 Å². The SMILES string of the molecule is Cc1nnc(Sc2ccc(Cl)nn2)n1C. The van der Waals surface area contributed by atoms with Gasteiger partial charge < -0.3 is 4.57 Å².